The Morgan fingerprint density at radius 2 is 1.27 bits per heavy atom. The predicted molar refractivity (Wildman–Crippen MR) is 62.2 cm³/mol. The molecule has 1 aromatic carbocycles. The highest BCUT2D eigenvalue weighted by atomic mass is 28.4. The topological polar surface area (TPSA) is 53.7 Å². The molecule has 0 heterocycles. The standard InChI is InChI=1S/C6H6.C4H13NO3Si/c1-2-4-6-5-3-1;1-6-9(3,7-2)8-4-5/h1-6H;4-5H2,1-3H3. The van der Waals surface area contributed by atoms with Gasteiger partial charge >= 0.3 is 8.80 Å². The van der Waals surface area contributed by atoms with E-state index in [-0.39, 0.29) is 6.73 Å². The summed E-state index contributed by atoms with van der Waals surface area (Å²) in [6.45, 7) is 1.92. The summed E-state index contributed by atoms with van der Waals surface area (Å²) in [5, 5.41) is 0. The van der Waals surface area contributed by atoms with Gasteiger partial charge in [-0.1, -0.05) is 36.4 Å². The smallest absolute Gasteiger partial charge is 0.377 e. The quantitative estimate of drug-likeness (QED) is 0.627. The number of benzene rings is 1. The Kier molecular flexibility index (Phi) is 8.16. The third kappa shape index (κ3) is 7.23. The highest BCUT2D eigenvalue weighted by Crippen LogP contribution is 2.03. The molecule has 0 bridgehead atoms. The lowest BCUT2D eigenvalue weighted by Gasteiger charge is -2.20. The summed E-state index contributed by atoms with van der Waals surface area (Å²) in [6.07, 6.45) is 0. The van der Waals surface area contributed by atoms with E-state index in [1.54, 1.807) is 20.8 Å². The molecule has 0 saturated carbocycles. The molecule has 0 fully saturated rings. The van der Waals surface area contributed by atoms with E-state index in [0.29, 0.717) is 0 Å². The fourth-order valence-corrected chi connectivity index (χ4v) is 1.44. The molecule has 0 aliphatic rings. The molecule has 0 radical (unpaired) electrons. The first-order valence-electron chi connectivity index (χ1n) is 4.63. The van der Waals surface area contributed by atoms with Crippen LogP contribution in [0.2, 0.25) is 6.55 Å². The zero-order chi connectivity index (χ0) is 11.6. The van der Waals surface area contributed by atoms with Gasteiger partial charge in [-0.2, -0.15) is 0 Å². The SMILES string of the molecule is CO[Si](C)(OC)OCN.c1ccccc1. The zero-order valence-electron chi connectivity index (χ0n) is 9.47. The largest absolute Gasteiger partial charge is 0.498 e. The maximum absolute atomic E-state index is 5.12. The van der Waals surface area contributed by atoms with E-state index in [1.165, 1.54) is 0 Å². The molecule has 15 heavy (non-hydrogen) atoms. The van der Waals surface area contributed by atoms with E-state index in [9.17, 15) is 0 Å². The van der Waals surface area contributed by atoms with Gasteiger partial charge in [-0.15, -0.1) is 0 Å². The maximum Gasteiger partial charge on any atom is 0.498 e. The summed E-state index contributed by atoms with van der Waals surface area (Å²) in [6, 6.07) is 12.0. The summed E-state index contributed by atoms with van der Waals surface area (Å²) in [7, 11) is 0.772. The van der Waals surface area contributed by atoms with Crippen molar-refractivity contribution in [3.8, 4) is 0 Å². The second-order valence-corrected chi connectivity index (χ2v) is 5.57. The Labute approximate surface area is 92.3 Å². The summed E-state index contributed by atoms with van der Waals surface area (Å²) >= 11 is 0. The molecule has 0 aromatic heterocycles. The molecule has 0 unspecified atom stereocenters. The van der Waals surface area contributed by atoms with Crippen LogP contribution < -0.4 is 5.73 Å². The van der Waals surface area contributed by atoms with E-state index in [1.807, 2.05) is 36.4 Å². The Bertz CT molecular complexity index is 203. The second kappa shape index (κ2) is 8.57. The number of hydrogen-bond acceptors (Lipinski definition) is 4. The number of hydrogen-bond donors (Lipinski definition) is 1. The Hall–Kier alpha value is -0.723. The van der Waals surface area contributed by atoms with Gasteiger partial charge in [-0.05, 0) is 0 Å². The Morgan fingerprint density at radius 1 is 0.933 bits per heavy atom. The average molecular weight is 229 g/mol. The zero-order valence-corrected chi connectivity index (χ0v) is 10.5. The van der Waals surface area contributed by atoms with Crippen molar-refractivity contribution in [2.45, 2.75) is 6.55 Å². The fourth-order valence-electron chi connectivity index (χ4n) is 0.737. The van der Waals surface area contributed by atoms with Gasteiger partial charge in [-0.3, -0.25) is 0 Å². The summed E-state index contributed by atoms with van der Waals surface area (Å²) in [5.74, 6) is 0. The van der Waals surface area contributed by atoms with E-state index < -0.39 is 8.80 Å². The molecule has 0 aliphatic carbocycles. The molecular weight excluding hydrogens is 210 g/mol. The van der Waals surface area contributed by atoms with Crippen molar-refractivity contribution in [1.29, 1.82) is 0 Å². The lowest BCUT2D eigenvalue weighted by molar-refractivity contribution is 0.109. The van der Waals surface area contributed by atoms with Crippen molar-refractivity contribution in [3.63, 3.8) is 0 Å². The van der Waals surface area contributed by atoms with Crippen LogP contribution in [0.1, 0.15) is 0 Å². The van der Waals surface area contributed by atoms with Crippen LogP contribution in [-0.2, 0) is 13.3 Å². The molecule has 0 amide bonds. The van der Waals surface area contributed by atoms with Gasteiger partial charge < -0.3 is 19.0 Å². The second-order valence-electron chi connectivity index (χ2n) is 2.74. The van der Waals surface area contributed by atoms with Crippen molar-refractivity contribution in [2.24, 2.45) is 5.73 Å². The van der Waals surface area contributed by atoms with Crippen molar-refractivity contribution in [2.75, 3.05) is 21.0 Å². The van der Waals surface area contributed by atoms with Gasteiger partial charge in [0.05, 0.1) is 6.73 Å². The normalized spacial score (nSPS) is 10.4. The molecule has 0 spiro atoms. The average Bonchev–Trinajstić information content (AvgIpc) is 2.32. The van der Waals surface area contributed by atoms with Crippen LogP contribution in [0.25, 0.3) is 0 Å². The monoisotopic (exact) mass is 229 g/mol. The summed E-state index contributed by atoms with van der Waals surface area (Å²) in [5.41, 5.74) is 5.12. The minimum Gasteiger partial charge on any atom is -0.377 e. The molecule has 2 N–H and O–H groups in total. The van der Waals surface area contributed by atoms with Crippen molar-refractivity contribution in [1.82, 2.24) is 0 Å². The van der Waals surface area contributed by atoms with E-state index in [4.69, 9.17) is 19.0 Å². The van der Waals surface area contributed by atoms with Crippen LogP contribution in [0.5, 0.6) is 0 Å². The van der Waals surface area contributed by atoms with E-state index in [0.717, 1.165) is 0 Å². The van der Waals surface area contributed by atoms with Gasteiger partial charge in [0.1, 0.15) is 0 Å². The van der Waals surface area contributed by atoms with Gasteiger partial charge in [0.25, 0.3) is 0 Å². The first kappa shape index (κ1) is 14.3. The number of nitrogens with two attached hydrogens (primary N) is 1. The Morgan fingerprint density at radius 3 is 1.40 bits per heavy atom. The Balaban J connectivity index is 0.000000280. The molecular formula is C10H19NO3Si. The number of rotatable bonds is 4. The third-order valence-electron chi connectivity index (χ3n) is 1.75. The van der Waals surface area contributed by atoms with Crippen LogP contribution in [-0.4, -0.2) is 29.8 Å². The van der Waals surface area contributed by atoms with E-state index in [2.05, 4.69) is 0 Å². The van der Waals surface area contributed by atoms with Gasteiger partial charge in [-0.25, -0.2) is 0 Å². The minimum atomic E-state index is -2.32. The van der Waals surface area contributed by atoms with Gasteiger partial charge in [0.15, 0.2) is 0 Å². The third-order valence-corrected chi connectivity index (χ3v) is 3.93. The molecule has 0 aliphatic heterocycles. The molecule has 86 valence electrons. The molecule has 1 aromatic rings. The predicted octanol–water partition coefficient (Wildman–Crippen LogP) is 1.47. The molecule has 5 heteroatoms. The lowest BCUT2D eigenvalue weighted by atomic mass is 10.4. The van der Waals surface area contributed by atoms with Crippen molar-refractivity contribution < 1.29 is 13.3 Å². The summed E-state index contributed by atoms with van der Waals surface area (Å²) in [4.78, 5) is 0. The fraction of sp³-hybridized carbons (Fsp3) is 0.400. The van der Waals surface area contributed by atoms with Crippen molar-refractivity contribution >= 4 is 8.80 Å². The first-order valence-corrected chi connectivity index (χ1v) is 6.85. The minimum absolute atomic E-state index is 0.143. The highest BCUT2D eigenvalue weighted by Gasteiger charge is 2.30. The van der Waals surface area contributed by atoms with Crippen LogP contribution in [0, 0.1) is 0 Å². The molecule has 4 nitrogen and oxygen atoms in total. The molecule has 1 rings (SSSR count). The highest BCUT2D eigenvalue weighted by molar-refractivity contribution is 6.59. The van der Waals surface area contributed by atoms with Crippen LogP contribution >= 0.6 is 0 Å². The van der Waals surface area contributed by atoms with Crippen LogP contribution in [0.3, 0.4) is 0 Å². The lowest BCUT2D eigenvalue weighted by Crippen LogP contribution is -2.41. The van der Waals surface area contributed by atoms with Gasteiger partial charge in [0, 0.05) is 20.8 Å². The first-order chi connectivity index (χ1) is 7.18. The van der Waals surface area contributed by atoms with Crippen LogP contribution in [0.4, 0.5) is 0 Å². The molecule has 0 saturated heterocycles. The maximum atomic E-state index is 5.12. The summed E-state index contributed by atoms with van der Waals surface area (Å²) < 4.78 is 14.9. The van der Waals surface area contributed by atoms with Crippen molar-refractivity contribution in [3.05, 3.63) is 36.4 Å². The molecule has 0 atom stereocenters. The van der Waals surface area contributed by atoms with Crippen LogP contribution in [0.15, 0.2) is 36.4 Å². The van der Waals surface area contributed by atoms with E-state index >= 15 is 0 Å². The van der Waals surface area contributed by atoms with Gasteiger partial charge in [0.2, 0.25) is 0 Å².